The van der Waals surface area contributed by atoms with Gasteiger partial charge >= 0.3 is 0 Å². The SMILES string of the molecule is CS(=O)(=O)N(CCN1CCCCC1)C1CCCN(C(=O)c2ccc(F)c(Cl)c2)C1. The second kappa shape index (κ2) is 9.73. The Bertz CT molecular complexity index is 830. The highest BCUT2D eigenvalue weighted by Gasteiger charge is 2.33. The van der Waals surface area contributed by atoms with Crippen molar-refractivity contribution in [2.75, 3.05) is 45.5 Å². The number of amides is 1. The number of likely N-dealkylation sites (tertiary alicyclic amines) is 2. The number of piperidine rings is 2. The van der Waals surface area contributed by atoms with Crippen molar-refractivity contribution < 1.29 is 17.6 Å². The van der Waals surface area contributed by atoms with Crippen LogP contribution in [0.1, 0.15) is 42.5 Å². The summed E-state index contributed by atoms with van der Waals surface area (Å²) < 4.78 is 39.9. The van der Waals surface area contributed by atoms with Gasteiger partial charge in [0, 0.05) is 37.8 Å². The number of carbonyl (C=O) groups is 1. The molecule has 0 radical (unpaired) electrons. The van der Waals surface area contributed by atoms with Crippen LogP contribution in [0.4, 0.5) is 4.39 Å². The van der Waals surface area contributed by atoms with E-state index in [9.17, 15) is 17.6 Å². The van der Waals surface area contributed by atoms with E-state index >= 15 is 0 Å². The fourth-order valence-electron chi connectivity index (χ4n) is 4.23. The zero-order chi connectivity index (χ0) is 21.0. The number of nitrogens with zero attached hydrogens (tertiary/aromatic N) is 3. The molecular weight excluding hydrogens is 417 g/mol. The van der Waals surface area contributed by atoms with Gasteiger partial charge in [0.1, 0.15) is 5.82 Å². The molecule has 1 unspecified atom stereocenters. The molecule has 6 nitrogen and oxygen atoms in total. The monoisotopic (exact) mass is 445 g/mol. The first-order valence-corrected chi connectivity index (χ1v) is 12.4. The molecule has 162 valence electrons. The zero-order valence-electron chi connectivity index (χ0n) is 16.8. The van der Waals surface area contributed by atoms with Crippen LogP contribution in [0.5, 0.6) is 0 Å². The Morgan fingerprint density at radius 2 is 1.93 bits per heavy atom. The van der Waals surface area contributed by atoms with E-state index in [0.29, 0.717) is 31.7 Å². The molecule has 2 saturated heterocycles. The fraction of sp³-hybridized carbons (Fsp3) is 0.650. The van der Waals surface area contributed by atoms with Gasteiger partial charge in [-0.3, -0.25) is 4.79 Å². The second-order valence-electron chi connectivity index (χ2n) is 7.95. The third kappa shape index (κ3) is 5.90. The van der Waals surface area contributed by atoms with Crippen molar-refractivity contribution in [3.05, 3.63) is 34.6 Å². The van der Waals surface area contributed by atoms with Crippen molar-refractivity contribution in [3.8, 4) is 0 Å². The van der Waals surface area contributed by atoms with E-state index in [1.54, 1.807) is 9.21 Å². The van der Waals surface area contributed by atoms with Crippen molar-refractivity contribution in [2.45, 2.75) is 38.1 Å². The summed E-state index contributed by atoms with van der Waals surface area (Å²) in [4.78, 5) is 16.8. The highest BCUT2D eigenvalue weighted by molar-refractivity contribution is 7.88. The van der Waals surface area contributed by atoms with Crippen molar-refractivity contribution in [3.63, 3.8) is 0 Å². The van der Waals surface area contributed by atoms with Crippen molar-refractivity contribution >= 4 is 27.5 Å². The highest BCUT2D eigenvalue weighted by Crippen LogP contribution is 2.22. The first-order valence-electron chi connectivity index (χ1n) is 10.2. The molecule has 9 heteroatoms. The van der Waals surface area contributed by atoms with E-state index in [1.807, 2.05) is 0 Å². The van der Waals surface area contributed by atoms with Gasteiger partial charge < -0.3 is 9.80 Å². The van der Waals surface area contributed by atoms with Crippen LogP contribution in [0.2, 0.25) is 5.02 Å². The van der Waals surface area contributed by atoms with Crippen LogP contribution in [-0.4, -0.2) is 80.0 Å². The molecule has 2 fully saturated rings. The topological polar surface area (TPSA) is 60.9 Å². The molecule has 0 aromatic heterocycles. The van der Waals surface area contributed by atoms with Crippen LogP contribution in [0, 0.1) is 5.82 Å². The molecule has 3 rings (SSSR count). The lowest BCUT2D eigenvalue weighted by atomic mass is 10.0. The first kappa shape index (κ1) is 22.5. The number of halogens is 2. The Morgan fingerprint density at radius 3 is 2.59 bits per heavy atom. The molecule has 2 aliphatic rings. The maximum absolute atomic E-state index is 13.4. The highest BCUT2D eigenvalue weighted by atomic mass is 35.5. The maximum Gasteiger partial charge on any atom is 0.253 e. The summed E-state index contributed by atoms with van der Waals surface area (Å²) in [6.07, 6.45) is 6.24. The summed E-state index contributed by atoms with van der Waals surface area (Å²) in [6.45, 7) is 4.06. The number of sulfonamides is 1. The fourth-order valence-corrected chi connectivity index (χ4v) is 5.54. The molecule has 0 saturated carbocycles. The zero-order valence-corrected chi connectivity index (χ0v) is 18.4. The van der Waals surface area contributed by atoms with Crippen LogP contribution in [0.15, 0.2) is 18.2 Å². The van der Waals surface area contributed by atoms with Gasteiger partial charge in [0.25, 0.3) is 5.91 Å². The minimum atomic E-state index is -3.39. The molecular formula is C20H29ClFN3O3S. The van der Waals surface area contributed by atoms with Gasteiger partial charge in [-0.25, -0.2) is 12.8 Å². The average Bonchev–Trinajstić information content (AvgIpc) is 2.70. The number of benzene rings is 1. The number of rotatable bonds is 6. The predicted octanol–water partition coefficient (Wildman–Crippen LogP) is 2.83. The van der Waals surface area contributed by atoms with Crippen LogP contribution in [0.25, 0.3) is 0 Å². The molecule has 2 heterocycles. The van der Waals surface area contributed by atoms with Crippen LogP contribution in [0.3, 0.4) is 0 Å². The first-order chi connectivity index (χ1) is 13.8. The van der Waals surface area contributed by atoms with E-state index in [2.05, 4.69) is 4.90 Å². The van der Waals surface area contributed by atoms with E-state index in [4.69, 9.17) is 11.6 Å². The number of carbonyl (C=O) groups excluding carboxylic acids is 1. The molecule has 1 atom stereocenters. The molecule has 0 aliphatic carbocycles. The molecule has 0 N–H and O–H groups in total. The third-order valence-electron chi connectivity index (χ3n) is 5.77. The number of hydrogen-bond donors (Lipinski definition) is 0. The predicted molar refractivity (Wildman–Crippen MR) is 112 cm³/mol. The molecule has 1 amide bonds. The van der Waals surface area contributed by atoms with E-state index in [-0.39, 0.29) is 17.0 Å². The Labute approximate surface area is 177 Å². The lowest BCUT2D eigenvalue weighted by molar-refractivity contribution is 0.0647. The Hall–Kier alpha value is -1.22. The van der Waals surface area contributed by atoms with Gasteiger partial charge in [-0.2, -0.15) is 4.31 Å². The molecule has 29 heavy (non-hydrogen) atoms. The Morgan fingerprint density at radius 1 is 1.21 bits per heavy atom. The van der Waals surface area contributed by atoms with Crippen molar-refractivity contribution in [2.24, 2.45) is 0 Å². The average molecular weight is 446 g/mol. The quantitative estimate of drug-likeness (QED) is 0.675. The van der Waals surface area contributed by atoms with Gasteiger partial charge in [-0.1, -0.05) is 18.0 Å². The minimum absolute atomic E-state index is 0.0938. The smallest absolute Gasteiger partial charge is 0.253 e. The van der Waals surface area contributed by atoms with E-state index in [0.717, 1.165) is 38.8 Å². The molecule has 0 spiro atoms. The van der Waals surface area contributed by atoms with Crippen LogP contribution in [-0.2, 0) is 10.0 Å². The summed E-state index contributed by atoms with van der Waals surface area (Å²) >= 11 is 5.81. The van der Waals surface area contributed by atoms with Crippen LogP contribution >= 0.6 is 11.6 Å². The second-order valence-corrected chi connectivity index (χ2v) is 10.3. The molecule has 1 aromatic carbocycles. The lowest BCUT2D eigenvalue weighted by Gasteiger charge is -2.39. The summed E-state index contributed by atoms with van der Waals surface area (Å²) in [7, 11) is -3.39. The lowest BCUT2D eigenvalue weighted by Crippen LogP contribution is -2.53. The summed E-state index contributed by atoms with van der Waals surface area (Å²) in [5.41, 5.74) is 0.316. The summed E-state index contributed by atoms with van der Waals surface area (Å²) in [6, 6.07) is 3.67. The van der Waals surface area contributed by atoms with E-state index in [1.165, 1.54) is 30.9 Å². The normalized spacial score (nSPS) is 21.5. The van der Waals surface area contributed by atoms with Gasteiger partial charge in [-0.05, 0) is 57.0 Å². The molecule has 2 aliphatic heterocycles. The largest absolute Gasteiger partial charge is 0.337 e. The van der Waals surface area contributed by atoms with Gasteiger partial charge in [-0.15, -0.1) is 0 Å². The van der Waals surface area contributed by atoms with Crippen molar-refractivity contribution in [1.82, 2.24) is 14.1 Å². The van der Waals surface area contributed by atoms with Crippen molar-refractivity contribution in [1.29, 1.82) is 0 Å². The number of hydrogen-bond acceptors (Lipinski definition) is 4. The van der Waals surface area contributed by atoms with Crippen LogP contribution < -0.4 is 0 Å². The van der Waals surface area contributed by atoms with Gasteiger partial charge in [0.05, 0.1) is 11.3 Å². The standard InChI is InChI=1S/C20H29ClFN3O3S/c1-29(27,28)25(13-12-23-9-3-2-4-10-23)17-6-5-11-24(15-17)20(26)16-7-8-19(22)18(21)14-16/h7-8,14,17H,2-6,9-13,15H2,1H3. The summed E-state index contributed by atoms with van der Waals surface area (Å²) in [5, 5.41) is -0.0938. The molecule has 1 aromatic rings. The Balaban J connectivity index is 1.68. The summed E-state index contributed by atoms with van der Waals surface area (Å²) in [5.74, 6) is -0.818. The van der Waals surface area contributed by atoms with Gasteiger partial charge in [0.2, 0.25) is 10.0 Å². The Kier molecular flexibility index (Phi) is 7.53. The minimum Gasteiger partial charge on any atom is -0.337 e. The van der Waals surface area contributed by atoms with Gasteiger partial charge in [0.15, 0.2) is 0 Å². The third-order valence-corrected chi connectivity index (χ3v) is 7.39. The molecule has 0 bridgehead atoms. The maximum atomic E-state index is 13.4. The van der Waals surface area contributed by atoms with E-state index < -0.39 is 15.8 Å².